The van der Waals surface area contributed by atoms with Crippen molar-refractivity contribution in [3.63, 3.8) is 0 Å². The van der Waals surface area contributed by atoms with Crippen LogP contribution in [0.4, 0.5) is 0 Å². The largest absolute Gasteiger partial charge is 0.395 e. The zero-order valence-corrected chi connectivity index (χ0v) is 6.99. The van der Waals surface area contributed by atoms with Gasteiger partial charge in [-0.2, -0.15) is 0 Å². The molecule has 0 fully saturated rings. The molecule has 0 aromatic carbocycles. The van der Waals surface area contributed by atoms with Gasteiger partial charge in [-0.05, 0) is 13.8 Å². The van der Waals surface area contributed by atoms with Crippen LogP contribution in [0.25, 0.3) is 0 Å². The van der Waals surface area contributed by atoms with Crippen molar-refractivity contribution in [1.29, 1.82) is 0 Å². The summed E-state index contributed by atoms with van der Waals surface area (Å²) in [5.74, 6) is 0. The molecule has 0 saturated carbocycles. The first kappa shape index (κ1) is 10.8. The van der Waals surface area contributed by atoms with Crippen LogP contribution in [0.5, 0.6) is 0 Å². The van der Waals surface area contributed by atoms with E-state index >= 15 is 0 Å². The first-order valence-electron chi connectivity index (χ1n) is 3.77. The highest BCUT2D eigenvalue weighted by molar-refractivity contribution is 4.72. The molecule has 0 aromatic heterocycles. The van der Waals surface area contributed by atoms with Crippen molar-refractivity contribution in [3.8, 4) is 0 Å². The fourth-order valence-electron chi connectivity index (χ4n) is 0.674. The van der Waals surface area contributed by atoms with Crippen molar-refractivity contribution in [2.24, 2.45) is 0 Å². The summed E-state index contributed by atoms with van der Waals surface area (Å²) in [5.41, 5.74) is 0. The maximum atomic E-state index is 9.04. The van der Waals surface area contributed by atoms with Crippen LogP contribution >= 0.6 is 0 Å². The van der Waals surface area contributed by atoms with Gasteiger partial charge in [0.15, 0.2) is 0 Å². The lowest BCUT2D eigenvalue weighted by Gasteiger charge is -2.21. The predicted molar refractivity (Wildman–Crippen MR) is 42.2 cm³/mol. The lowest BCUT2D eigenvalue weighted by Crippen LogP contribution is -2.46. The molecule has 0 bridgehead atoms. The standard InChI is InChI=1S/C7H17NO3/c1-5(6(2)11)8-7(3-9)4-10/h5-11H,3-4H2,1-2H3. The van der Waals surface area contributed by atoms with Gasteiger partial charge in [-0.25, -0.2) is 0 Å². The van der Waals surface area contributed by atoms with Gasteiger partial charge < -0.3 is 20.6 Å². The molecule has 2 unspecified atom stereocenters. The molecule has 4 nitrogen and oxygen atoms in total. The SMILES string of the molecule is CC(O)C(C)NC(CO)CO. The molecule has 0 aliphatic heterocycles. The molecule has 0 radical (unpaired) electrons. The van der Waals surface area contributed by atoms with Crippen LogP contribution in [0.15, 0.2) is 0 Å². The molecule has 2 atom stereocenters. The second-order valence-electron chi connectivity index (χ2n) is 2.76. The summed E-state index contributed by atoms with van der Waals surface area (Å²) in [6, 6.07) is -0.445. The number of hydrogen-bond acceptors (Lipinski definition) is 4. The van der Waals surface area contributed by atoms with Gasteiger partial charge in [-0.3, -0.25) is 0 Å². The summed E-state index contributed by atoms with van der Waals surface area (Å²) in [7, 11) is 0. The number of aliphatic hydroxyl groups excluding tert-OH is 3. The van der Waals surface area contributed by atoms with E-state index in [2.05, 4.69) is 5.32 Å². The quantitative estimate of drug-likeness (QED) is 0.406. The van der Waals surface area contributed by atoms with Gasteiger partial charge in [0, 0.05) is 6.04 Å². The Morgan fingerprint density at radius 1 is 1.18 bits per heavy atom. The number of aliphatic hydroxyl groups is 3. The summed E-state index contributed by atoms with van der Waals surface area (Å²) in [6.07, 6.45) is -0.476. The fourth-order valence-corrected chi connectivity index (χ4v) is 0.674. The average Bonchev–Trinajstić information content (AvgIpc) is 1.99. The first-order chi connectivity index (χ1) is 5.11. The van der Waals surface area contributed by atoms with Gasteiger partial charge in [0.2, 0.25) is 0 Å². The van der Waals surface area contributed by atoms with Crippen molar-refractivity contribution < 1.29 is 15.3 Å². The fraction of sp³-hybridized carbons (Fsp3) is 1.00. The number of nitrogens with one attached hydrogen (secondary N) is 1. The zero-order valence-electron chi connectivity index (χ0n) is 6.99. The Kier molecular flexibility index (Phi) is 5.41. The monoisotopic (exact) mass is 163 g/mol. The van der Waals surface area contributed by atoms with Gasteiger partial charge in [-0.1, -0.05) is 0 Å². The van der Waals surface area contributed by atoms with Gasteiger partial charge in [-0.15, -0.1) is 0 Å². The molecule has 0 saturated heterocycles. The molecule has 4 N–H and O–H groups in total. The van der Waals surface area contributed by atoms with Crippen LogP contribution in [0.3, 0.4) is 0 Å². The summed E-state index contributed by atoms with van der Waals surface area (Å²) in [5, 5.41) is 29.2. The average molecular weight is 163 g/mol. The topological polar surface area (TPSA) is 72.7 Å². The first-order valence-corrected chi connectivity index (χ1v) is 3.77. The highest BCUT2D eigenvalue weighted by atomic mass is 16.3. The second-order valence-corrected chi connectivity index (χ2v) is 2.76. The van der Waals surface area contributed by atoms with Crippen LogP contribution in [0, 0.1) is 0 Å². The van der Waals surface area contributed by atoms with Crippen LogP contribution in [-0.2, 0) is 0 Å². The zero-order chi connectivity index (χ0) is 8.85. The van der Waals surface area contributed by atoms with Crippen molar-refractivity contribution in [2.45, 2.75) is 32.0 Å². The molecule has 0 amide bonds. The Bertz CT molecular complexity index is 93.7. The summed E-state index contributed by atoms with van der Waals surface area (Å²) in [6.45, 7) is 3.22. The summed E-state index contributed by atoms with van der Waals surface area (Å²) >= 11 is 0. The van der Waals surface area contributed by atoms with E-state index in [0.717, 1.165) is 0 Å². The maximum absolute atomic E-state index is 9.04. The Balaban J connectivity index is 3.62. The minimum Gasteiger partial charge on any atom is -0.395 e. The molecular weight excluding hydrogens is 146 g/mol. The van der Waals surface area contributed by atoms with E-state index in [9.17, 15) is 0 Å². The Morgan fingerprint density at radius 2 is 1.64 bits per heavy atom. The van der Waals surface area contributed by atoms with E-state index in [1.54, 1.807) is 13.8 Å². The normalized spacial score (nSPS) is 16.9. The third-order valence-corrected chi connectivity index (χ3v) is 1.66. The van der Waals surface area contributed by atoms with E-state index in [-0.39, 0.29) is 25.3 Å². The predicted octanol–water partition coefficient (Wildman–Crippen LogP) is -1.30. The second kappa shape index (κ2) is 5.49. The third kappa shape index (κ3) is 4.31. The summed E-state index contributed by atoms with van der Waals surface area (Å²) < 4.78 is 0. The highest BCUT2D eigenvalue weighted by Gasteiger charge is 2.13. The van der Waals surface area contributed by atoms with Crippen molar-refractivity contribution in [2.75, 3.05) is 13.2 Å². The summed E-state index contributed by atoms with van der Waals surface area (Å²) in [4.78, 5) is 0. The minimum atomic E-state index is -0.476. The lowest BCUT2D eigenvalue weighted by molar-refractivity contribution is 0.113. The molecule has 0 aromatic rings. The maximum Gasteiger partial charge on any atom is 0.0662 e. The Hall–Kier alpha value is -0.160. The van der Waals surface area contributed by atoms with E-state index in [4.69, 9.17) is 15.3 Å². The number of rotatable bonds is 5. The van der Waals surface area contributed by atoms with Crippen LogP contribution in [0.2, 0.25) is 0 Å². The molecular formula is C7H17NO3. The lowest BCUT2D eigenvalue weighted by atomic mass is 10.2. The molecule has 0 aliphatic carbocycles. The van der Waals surface area contributed by atoms with Gasteiger partial charge in [0.25, 0.3) is 0 Å². The Morgan fingerprint density at radius 3 is 1.91 bits per heavy atom. The van der Waals surface area contributed by atoms with Gasteiger partial charge in [0.1, 0.15) is 0 Å². The number of hydrogen-bond donors (Lipinski definition) is 4. The van der Waals surface area contributed by atoms with Gasteiger partial charge in [0.05, 0.1) is 25.4 Å². The minimum absolute atomic E-state index is 0.112. The van der Waals surface area contributed by atoms with E-state index < -0.39 is 6.10 Å². The van der Waals surface area contributed by atoms with Crippen molar-refractivity contribution in [3.05, 3.63) is 0 Å². The van der Waals surface area contributed by atoms with Crippen LogP contribution in [0.1, 0.15) is 13.8 Å². The van der Waals surface area contributed by atoms with Crippen molar-refractivity contribution >= 4 is 0 Å². The molecule has 0 aliphatic rings. The van der Waals surface area contributed by atoms with Crippen molar-refractivity contribution in [1.82, 2.24) is 5.32 Å². The van der Waals surface area contributed by atoms with E-state index in [0.29, 0.717) is 0 Å². The smallest absolute Gasteiger partial charge is 0.0662 e. The molecule has 0 rings (SSSR count). The van der Waals surface area contributed by atoms with E-state index in [1.165, 1.54) is 0 Å². The van der Waals surface area contributed by atoms with Crippen LogP contribution < -0.4 is 5.32 Å². The highest BCUT2D eigenvalue weighted by Crippen LogP contribution is 1.92. The molecule has 0 heterocycles. The molecule has 68 valence electrons. The molecule has 11 heavy (non-hydrogen) atoms. The molecule has 0 spiro atoms. The Labute approximate surface area is 66.9 Å². The van der Waals surface area contributed by atoms with Gasteiger partial charge >= 0.3 is 0 Å². The third-order valence-electron chi connectivity index (χ3n) is 1.66. The van der Waals surface area contributed by atoms with Crippen LogP contribution in [-0.4, -0.2) is 46.7 Å². The van der Waals surface area contributed by atoms with E-state index in [1.807, 2.05) is 0 Å². The molecule has 4 heteroatoms.